The zero-order valence-corrected chi connectivity index (χ0v) is 20.6. The number of para-hydroxylation sites is 1. The van der Waals surface area contributed by atoms with Crippen molar-refractivity contribution in [2.24, 2.45) is 0 Å². The first-order chi connectivity index (χ1) is 18.3. The molecule has 0 spiro atoms. The number of aromatic amines is 1. The normalized spacial score (nSPS) is 13.9. The molecule has 10 nitrogen and oxygen atoms in total. The highest BCUT2D eigenvalue weighted by molar-refractivity contribution is 7.08. The topological polar surface area (TPSA) is 121 Å². The molecule has 0 amide bonds. The number of carboxylic acids is 1. The van der Waals surface area contributed by atoms with E-state index < -0.39 is 12.1 Å². The molecule has 0 aliphatic carbocycles. The molecule has 0 atom stereocenters. The smallest absolute Gasteiger partial charge is 0.475 e. The van der Waals surface area contributed by atoms with Crippen LogP contribution in [-0.2, 0) is 16.1 Å². The molecule has 1 aliphatic heterocycles. The molecule has 198 valence electrons. The predicted molar refractivity (Wildman–Crippen MR) is 137 cm³/mol. The van der Waals surface area contributed by atoms with E-state index in [0.29, 0.717) is 25.7 Å². The molecular weight excluding hydrogens is 523 g/mol. The van der Waals surface area contributed by atoms with Crippen molar-refractivity contribution in [3.8, 4) is 5.69 Å². The lowest BCUT2D eigenvalue weighted by atomic mass is 10.2. The van der Waals surface area contributed by atoms with Gasteiger partial charge in [-0.15, -0.1) is 0 Å². The van der Waals surface area contributed by atoms with Crippen molar-refractivity contribution < 1.29 is 27.8 Å². The number of rotatable bonds is 5. The van der Waals surface area contributed by atoms with Crippen LogP contribution in [0.4, 0.5) is 24.9 Å². The number of fused-ring (bicyclic) bond motifs is 2. The Balaban J connectivity index is 0.000000374. The van der Waals surface area contributed by atoms with Crippen LogP contribution in [0.1, 0.15) is 5.69 Å². The number of carbonyl (C=O) groups is 1. The summed E-state index contributed by atoms with van der Waals surface area (Å²) in [6.07, 6.45) is -3.27. The summed E-state index contributed by atoms with van der Waals surface area (Å²) in [7, 11) is 0. The van der Waals surface area contributed by atoms with Gasteiger partial charge in [0.05, 0.1) is 25.4 Å². The molecule has 0 radical (unpaired) electrons. The zero-order chi connectivity index (χ0) is 26.7. The van der Waals surface area contributed by atoms with E-state index in [1.54, 1.807) is 11.3 Å². The van der Waals surface area contributed by atoms with Crippen LogP contribution in [0.3, 0.4) is 0 Å². The molecule has 6 rings (SSSR count). The Morgan fingerprint density at radius 1 is 1.18 bits per heavy atom. The number of alkyl halides is 3. The molecule has 4 aromatic heterocycles. The van der Waals surface area contributed by atoms with Crippen molar-refractivity contribution in [2.75, 3.05) is 36.5 Å². The van der Waals surface area contributed by atoms with E-state index in [-0.39, 0.29) is 0 Å². The molecule has 0 unspecified atom stereocenters. The van der Waals surface area contributed by atoms with Gasteiger partial charge in [0, 0.05) is 29.7 Å². The van der Waals surface area contributed by atoms with Gasteiger partial charge < -0.3 is 25.0 Å². The van der Waals surface area contributed by atoms with Crippen LogP contribution in [-0.4, -0.2) is 68.1 Å². The van der Waals surface area contributed by atoms with Gasteiger partial charge in [-0.2, -0.15) is 34.5 Å². The van der Waals surface area contributed by atoms with E-state index in [2.05, 4.69) is 55.2 Å². The number of thiophene rings is 1. The first-order valence-electron chi connectivity index (χ1n) is 11.5. The van der Waals surface area contributed by atoms with Gasteiger partial charge in [0.2, 0.25) is 5.95 Å². The van der Waals surface area contributed by atoms with Crippen LogP contribution in [0.5, 0.6) is 0 Å². The molecule has 5 heterocycles. The summed E-state index contributed by atoms with van der Waals surface area (Å²) >= 11 is 1.65. The second kappa shape index (κ2) is 10.7. The van der Waals surface area contributed by atoms with Crippen molar-refractivity contribution in [3.63, 3.8) is 0 Å². The van der Waals surface area contributed by atoms with Crippen LogP contribution in [0.2, 0.25) is 0 Å². The van der Waals surface area contributed by atoms with Crippen LogP contribution < -0.4 is 10.2 Å². The highest BCUT2D eigenvalue weighted by atomic mass is 32.1. The molecular formula is C24H22F3N7O3S. The summed E-state index contributed by atoms with van der Waals surface area (Å²) in [5.74, 6) is -1.32. The Hall–Kier alpha value is -4.17. The number of carboxylic acid groups (broad SMARTS) is 1. The maximum atomic E-state index is 10.6. The Kier molecular flexibility index (Phi) is 7.15. The van der Waals surface area contributed by atoms with E-state index in [1.807, 2.05) is 23.0 Å². The Morgan fingerprint density at radius 3 is 2.63 bits per heavy atom. The Labute approximate surface area is 217 Å². The number of benzene rings is 1. The average Bonchev–Trinajstić information content (AvgIpc) is 3.66. The number of nitrogens with one attached hydrogen (secondary N) is 2. The molecule has 38 heavy (non-hydrogen) atoms. The fraction of sp³-hybridized carbons (Fsp3) is 0.250. The largest absolute Gasteiger partial charge is 0.490 e. The molecule has 1 aliphatic rings. The average molecular weight is 546 g/mol. The minimum absolute atomic E-state index is 0.620. The van der Waals surface area contributed by atoms with Gasteiger partial charge in [0.25, 0.3) is 0 Å². The van der Waals surface area contributed by atoms with E-state index in [0.717, 1.165) is 47.0 Å². The number of nitrogens with zero attached hydrogens (tertiary/aromatic N) is 5. The number of hydrogen-bond acceptors (Lipinski definition) is 8. The van der Waals surface area contributed by atoms with Gasteiger partial charge in [-0.3, -0.25) is 4.57 Å². The molecule has 1 saturated heterocycles. The van der Waals surface area contributed by atoms with Crippen LogP contribution in [0.15, 0.2) is 53.5 Å². The van der Waals surface area contributed by atoms with Gasteiger partial charge in [-0.25, -0.2) is 9.78 Å². The van der Waals surface area contributed by atoms with Crippen LogP contribution >= 0.6 is 11.3 Å². The first kappa shape index (κ1) is 25.5. The number of morpholine rings is 1. The number of hydrogen-bond donors (Lipinski definition) is 3. The van der Waals surface area contributed by atoms with Gasteiger partial charge in [0.1, 0.15) is 6.33 Å². The van der Waals surface area contributed by atoms with Crippen molar-refractivity contribution >= 4 is 51.1 Å². The van der Waals surface area contributed by atoms with Gasteiger partial charge in [0.15, 0.2) is 17.0 Å². The fourth-order valence-corrected chi connectivity index (χ4v) is 4.54. The molecule has 5 aromatic rings. The highest BCUT2D eigenvalue weighted by Gasteiger charge is 2.38. The summed E-state index contributed by atoms with van der Waals surface area (Å²) in [5, 5.41) is 16.0. The predicted octanol–water partition coefficient (Wildman–Crippen LogP) is 4.44. The number of halogens is 3. The summed E-state index contributed by atoms with van der Waals surface area (Å²) in [6.45, 7) is 3.54. The quantitative estimate of drug-likeness (QED) is 0.297. The number of anilines is 2. The number of ether oxygens (including phenoxy) is 1. The molecule has 0 saturated carbocycles. The second-order valence-electron chi connectivity index (χ2n) is 8.28. The lowest BCUT2D eigenvalue weighted by Gasteiger charge is -2.27. The molecule has 1 fully saturated rings. The van der Waals surface area contributed by atoms with Gasteiger partial charge in [-0.1, -0.05) is 18.2 Å². The van der Waals surface area contributed by atoms with Crippen molar-refractivity contribution in [2.45, 2.75) is 12.7 Å². The number of aromatic nitrogens is 5. The third-order valence-corrected chi connectivity index (χ3v) is 6.41. The summed E-state index contributed by atoms with van der Waals surface area (Å²) in [6, 6.07) is 12.5. The fourth-order valence-electron chi connectivity index (χ4n) is 3.91. The van der Waals surface area contributed by atoms with Crippen LogP contribution in [0.25, 0.3) is 27.8 Å². The Bertz CT molecular complexity index is 1510. The summed E-state index contributed by atoms with van der Waals surface area (Å²) in [5.41, 5.74) is 4.84. The third kappa shape index (κ3) is 5.55. The number of H-pyrrole nitrogens is 1. The first-order valence-corrected chi connectivity index (χ1v) is 12.4. The highest BCUT2D eigenvalue weighted by Crippen LogP contribution is 2.27. The molecule has 3 N–H and O–H groups in total. The van der Waals surface area contributed by atoms with Gasteiger partial charge >= 0.3 is 12.1 Å². The monoisotopic (exact) mass is 545 g/mol. The van der Waals surface area contributed by atoms with E-state index in [9.17, 15) is 13.2 Å². The number of aliphatic carboxylic acids is 1. The molecule has 14 heteroatoms. The minimum Gasteiger partial charge on any atom is -0.475 e. The summed E-state index contributed by atoms with van der Waals surface area (Å²) < 4.78 is 39.3. The minimum atomic E-state index is -5.08. The second-order valence-corrected chi connectivity index (χ2v) is 9.06. The van der Waals surface area contributed by atoms with Crippen molar-refractivity contribution in [1.29, 1.82) is 0 Å². The van der Waals surface area contributed by atoms with Crippen LogP contribution in [0, 0.1) is 0 Å². The lowest BCUT2D eigenvalue weighted by molar-refractivity contribution is -0.192. The zero-order valence-electron chi connectivity index (χ0n) is 19.8. The summed E-state index contributed by atoms with van der Waals surface area (Å²) in [4.78, 5) is 28.9. The lowest BCUT2D eigenvalue weighted by Crippen LogP contribution is -2.37. The van der Waals surface area contributed by atoms with E-state index in [4.69, 9.17) is 24.6 Å². The standard InChI is InChI=1S/C22H21N7OS.C2HF3O2/c1-2-4-18-15(3-1)11-16(25-18)12-23-20-19-21(29(14-24-19)17-5-10-31-13-17)27-22(26-20)28-6-8-30-9-7-28;3-2(4,5)1(6)7/h1-5,10-11,13-14,25H,6-9,12H2,(H,23,26,27);(H,6,7). The Morgan fingerprint density at radius 2 is 1.95 bits per heavy atom. The van der Waals surface area contributed by atoms with Crippen molar-refractivity contribution in [3.05, 3.63) is 59.2 Å². The number of imidazole rings is 1. The van der Waals surface area contributed by atoms with Crippen molar-refractivity contribution in [1.82, 2.24) is 24.5 Å². The molecule has 0 bridgehead atoms. The molecule has 1 aromatic carbocycles. The third-order valence-electron chi connectivity index (χ3n) is 5.74. The van der Waals surface area contributed by atoms with Gasteiger partial charge in [-0.05, 0) is 29.0 Å². The maximum Gasteiger partial charge on any atom is 0.490 e. The van der Waals surface area contributed by atoms with E-state index in [1.165, 1.54) is 5.39 Å². The SMILES string of the molecule is O=C(O)C(F)(F)F.c1ccc2[nH]c(CNc3nc(N4CCOCC4)nc4c3ncn4-c3ccsc3)cc2c1. The maximum absolute atomic E-state index is 10.6. The van der Waals surface area contributed by atoms with E-state index >= 15 is 0 Å².